The molecule has 0 heterocycles. The SMILES string of the molecule is C=C(C)N(C)N/N=C/C(F)(F)F. The third-order valence-corrected chi connectivity index (χ3v) is 0.991. The molecule has 12 heavy (non-hydrogen) atoms. The Morgan fingerprint density at radius 1 is 1.58 bits per heavy atom. The number of hydrazone groups is 1. The van der Waals surface area contributed by atoms with Gasteiger partial charge in [0.1, 0.15) is 6.21 Å². The van der Waals surface area contributed by atoms with Crippen LogP contribution in [0.3, 0.4) is 0 Å². The van der Waals surface area contributed by atoms with Crippen LogP contribution in [0.1, 0.15) is 6.92 Å². The summed E-state index contributed by atoms with van der Waals surface area (Å²) in [4.78, 5) is 0. The molecule has 0 saturated heterocycles. The number of nitrogens with zero attached hydrogens (tertiary/aromatic N) is 2. The molecular formula is C6H10F3N3. The van der Waals surface area contributed by atoms with Gasteiger partial charge in [0.05, 0.1) is 0 Å². The molecule has 0 aromatic rings. The summed E-state index contributed by atoms with van der Waals surface area (Å²) in [6.07, 6.45) is -4.52. The Morgan fingerprint density at radius 3 is 2.42 bits per heavy atom. The predicted molar refractivity (Wildman–Crippen MR) is 40.3 cm³/mol. The first-order valence-electron chi connectivity index (χ1n) is 3.09. The topological polar surface area (TPSA) is 27.6 Å². The van der Waals surface area contributed by atoms with Crippen molar-refractivity contribution in [1.82, 2.24) is 10.5 Å². The van der Waals surface area contributed by atoms with Crippen LogP contribution in [0.2, 0.25) is 0 Å². The third kappa shape index (κ3) is 5.57. The highest BCUT2D eigenvalue weighted by Crippen LogP contribution is 2.09. The molecule has 0 bridgehead atoms. The molecule has 1 N–H and O–H groups in total. The van der Waals surface area contributed by atoms with Gasteiger partial charge in [-0.1, -0.05) is 6.58 Å². The summed E-state index contributed by atoms with van der Waals surface area (Å²) in [5, 5.41) is 4.20. The van der Waals surface area contributed by atoms with E-state index in [1.807, 2.05) is 0 Å². The molecule has 0 fully saturated rings. The molecule has 0 radical (unpaired) electrons. The monoisotopic (exact) mass is 181 g/mol. The van der Waals surface area contributed by atoms with E-state index in [0.717, 1.165) is 0 Å². The lowest BCUT2D eigenvalue weighted by Crippen LogP contribution is -2.28. The third-order valence-electron chi connectivity index (χ3n) is 0.991. The van der Waals surface area contributed by atoms with Crippen molar-refractivity contribution in [1.29, 1.82) is 0 Å². The van der Waals surface area contributed by atoms with Crippen LogP contribution < -0.4 is 5.53 Å². The van der Waals surface area contributed by atoms with Crippen molar-refractivity contribution in [2.45, 2.75) is 13.1 Å². The first-order chi connectivity index (χ1) is 5.33. The number of halogens is 3. The molecular weight excluding hydrogens is 171 g/mol. The van der Waals surface area contributed by atoms with Gasteiger partial charge >= 0.3 is 6.18 Å². The van der Waals surface area contributed by atoms with Crippen molar-refractivity contribution in [3.63, 3.8) is 0 Å². The molecule has 0 rings (SSSR count). The van der Waals surface area contributed by atoms with Crippen LogP contribution in [0.25, 0.3) is 0 Å². The minimum absolute atomic E-state index is 0.132. The van der Waals surface area contributed by atoms with E-state index in [9.17, 15) is 13.2 Å². The summed E-state index contributed by atoms with van der Waals surface area (Å²) >= 11 is 0. The van der Waals surface area contributed by atoms with Crippen molar-refractivity contribution in [2.24, 2.45) is 5.10 Å². The lowest BCUT2D eigenvalue weighted by atomic mass is 10.6. The molecule has 0 aliphatic rings. The lowest BCUT2D eigenvalue weighted by Gasteiger charge is -2.16. The second kappa shape index (κ2) is 3.99. The summed E-state index contributed by atoms with van der Waals surface area (Å²) in [5.74, 6) is 0. The molecule has 70 valence electrons. The summed E-state index contributed by atoms with van der Waals surface area (Å²) in [5.41, 5.74) is 2.69. The van der Waals surface area contributed by atoms with E-state index in [4.69, 9.17) is 0 Å². The smallest absolute Gasteiger partial charge is 0.280 e. The fraction of sp³-hybridized carbons (Fsp3) is 0.500. The summed E-state index contributed by atoms with van der Waals surface area (Å²) in [7, 11) is 1.51. The lowest BCUT2D eigenvalue weighted by molar-refractivity contribution is -0.0542. The Balaban J connectivity index is 3.83. The maximum Gasteiger partial charge on any atom is 0.428 e. The summed E-state index contributed by atoms with van der Waals surface area (Å²) < 4.78 is 34.4. The van der Waals surface area contributed by atoms with E-state index in [1.54, 1.807) is 6.92 Å². The number of alkyl halides is 3. The van der Waals surface area contributed by atoms with Crippen LogP contribution in [0.4, 0.5) is 13.2 Å². The van der Waals surface area contributed by atoms with Crippen LogP contribution >= 0.6 is 0 Å². The Labute approximate surface area is 68.5 Å². The second-order valence-corrected chi connectivity index (χ2v) is 2.19. The van der Waals surface area contributed by atoms with Gasteiger partial charge in [-0.25, -0.2) is 5.53 Å². The van der Waals surface area contributed by atoms with E-state index in [0.29, 0.717) is 5.70 Å². The maximum atomic E-state index is 11.5. The minimum atomic E-state index is -4.39. The maximum absolute atomic E-state index is 11.5. The second-order valence-electron chi connectivity index (χ2n) is 2.19. The summed E-state index contributed by atoms with van der Waals surface area (Å²) in [6.45, 7) is 5.11. The highest BCUT2D eigenvalue weighted by Gasteiger charge is 2.23. The zero-order valence-corrected chi connectivity index (χ0v) is 6.81. The molecule has 0 atom stereocenters. The molecule has 6 heteroatoms. The molecule has 0 unspecified atom stereocenters. The fourth-order valence-corrected chi connectivity index (χ4v) is 0.274. The number of hydrogen-bond acceptors (Lipinski definition) is 3. The van der Waals surface area contributed by atoms with Gasteiger partial charge in [0.25, 0.3) is 0 Å². The zero-order chi connectivity index (χ0) is 9.78. The van der Waals surface area contributed by atoms with Gasteiger partial charge in [0, 0.05) is 12.7 Å². The van der Waals surface area contributed by atoms with Gasteiger partial charge in [-0.05, 0) is 6.92 Å². The first kappa shape index (κ1) is 10.8. The van der Waals surface area contributed by atoms with Crippen molar-refractivity contribution in [2.75, 3.05) is 7.05 Å². The largest absolute Gasteiger partial charge is 0.428 e. The van der Waals surface area contributed by atoms with Crippen LogP contribution in [-0.4, -0.2) is 24.4 Å². The first-order valence-corrected chi connectivity index (χ1v) is 3.09. The van der Waals surface area contributed by atoms with E-state index in [1.165, 1.54) is 12.1 Å². The van der Waals surface area contributed by atoms with Crippen molar-refractivity contribution in [3.8, 4) is 0 Å². The number of hydrogen-bond donors (Lipinski definition) is 1. The predicted octanol–water partition coefficient (Wildman–Crippen LogP) is 1.50. The Hall–Kier alpha value is -1.20. The molecule has 0 aromatic heterocycles. The van der Waals surface area contributed by atoms with Crippen LogP contribution in [0.5, 0.6) is 0 Å². The van der Waals surface area contributed by atoms with E-state index in [2.05, 4.69) is 17.2 Å². The van der Waals surface area contributed by atoms with Crippen molar-refractivity contribution >= 4 is 6.21 Å². The highest BCUT2D eigenvalue weighted by molar-refractivity contribution is 5.63. The molecule has 0 amide bonds. The molecule has 3 nitrogen and oxygen atoms in total. The molecule has 0 saturated carbocycles. The van der Waals surface area contributed by atoms with Crippen molar-refractivity contribution in [3.05, 3.63) is 12.3 Å². The zero-order valence-electron chi connectivity index (χ0n) is 6.81. The van der Waals surface area contributed by atoms with Crippen molar-refractivity contribution < 1.29 is 13.2 Å². The van der Waals surface area contributed by atoms with E-state index in [-0.39, 0.29) is 6.21 Å². The molecule has 0 aliphatic carbocycles. The van der Waals surface area contributed by atoms with Crippen LogP contribution in [0.15, 0.2) is 17.4 Å². The minimum Gasteiger partial charge on any atom is -0.280 e. The fourth-order valence-electron chi connectivity index (χ4n) is 0.274. The molecule has 0 aliphatic heterocycles. The van der Waals surface area contributed by atoms with Gasteiger partial charge < -0.3 is 0 Å². The van der Waals surface area contributed by atoms with Gasteiger partial charge in [-0.15, -0.1) is 0 Å². The van der Waals surface area contributed by atoms with Crippen LogP contribution in [0, 0.1) is 0 Å². The average molecular weight is 181 g/mol. The van der Waals surface area contributed by atoms with Gasteiger partial charge in [-0.2, -0.15) is 18.3 Å². The van der Waals surface area contributed by atoms with Crippen LogP contribution in [-0.2, 0) is 0 Å². The number of allylic oxidation sites excluding steroid dienone is 1. The Morgan fingerprint density at radius 2 is 2.08 bits per heavy atom. The number of hydrazine groups is 1. The summed E-state index contributed by atoms with van der Waals surface area (Å²) in [6, 6.07) is 0. The molecule has 0 aromatic carbocycles. The van der Waals surface area contributed by atoms with Gasteiger partial charge in [0.15, 0.2) is 0 Å². The van der Waals surface area contributed by atoms with E-state index >= 15 is 0 Å². The Kier molecular flexibility index (Phi) is 3.59. The number of rotatable bonds is 3. The van der Waals surface area contributed by atoms with E-state index < -0.39 is 6.18 Å². The standard InChI is InChI=1S/C6H10F3N3/c1-5(2)12(3)11-10-4-6(7,8)9/h4,11H,1H2,2-3H3/b10-4+. The average Bonchev–Trinajstić information content (AvgIpc) is 1.84. The quantitative estimate of drug-likeness (QED) is 0.527. The van der Waals surface area contributed by atoms with Gasteiger partial charge in [0.2, 0.25) is 0 Å². The normalized spacial score (nSPS) is 11.8. The Bertz CT molecular complexity index is 185. The van der Waals surface area contributed by atoms with Gasteiger partial charge in [-0.3, -0.25) is 5.01 Å². The highest BCUT2D eigenvalue weighted by atomic mass is 19.4. The molecule has 0 spiro atoms. The number of nitrogens with one attached hydrogen (secondary N) is 1.